The van der Waals surface area contributed by atoms with Crippen molar-refractivity contribution in [2.45, 2.75) is 20.0 Å². The van der Waals surface area contributed by atoms with Gasteiger partial charge in [-0.1, -0.05) is 18.2 Å². The van der Waals surface area contributed by atoms with Crippen LogP contribution in [0.25, 0.3) is 0 Å². The van der Waals surface area contributed by atoms with E-state index in [1.807, 2.05) is 31.2 Å². The molecule has 1 aliphatic rings. The van der Waals surface area contributed by atoms with E-state index in [1.54, 1.807) is 16.5 Å². The molecular weight excluding hydrogens is 282 g/mol. The predicted octanol–water partition coefficient (Wildman–Crippen LogP) is 0.602. The molecule has 1 aliphatic heterocycles. The van der Waals surface area contributed by atoms with Gasteiger partial charge in [0.1, 0.15) is 0 Å². The van der Waals surface area contributed by atoms with Gasteiger partial charge in [-0.05, 0) is 18.6 Å². The first-order valence-electron chi connectivity index (χ1n) is 7.11. The number of carbonyl (C=O) groups excluding carboxylic acids is 2. The van der Waals surface area contributed by atoms with Gasteiger partial charge in [0.15, 0.2) is 5.82 Å². The summed E-state index contributed by atoms with van der Waals surface area (Å²) in [5, 5.41) is 10.5. The molecule has 0 radical (unpaired) electrons. The summed E-state index contributed by atoms with van der Waals surface area (Å²) < 4.78 is 1.76. The van der Waals surface area contributed by atoms with Crippen molar-refractivity contribution in [3.05, 3.63) is 47.0 Å². The van der Waals surface area contributed by atoms with Crippen molar-refractivity contribution in [2.24, 2.45) is 0 Å². The van der Waals surface area contributed by atoms with Crippen molar-refractivity contribution < 1.29 is 9.59 Å². The fourth-order valence-corrected chi connectivity index (χ4v) is 2.59. The monoisotopic (exact) mass is 299 g/mol. The Morgan fingerprint density at radius 3 is 2.68 bits per heavy atom. The molecule has 1 aromatic heterocycles. The zero-order valence-corrected chi connectivity index (χ0v) is 12.5. The molecule has 0 atom stereocenters. The molecule has 3 rings (SSSR count). The van der Waals surface area contributed by atoms with Crippen LogP contribution >= 0.6 is 0 Å². The lowest BCUT2D eigenvalue weighted by molar-refractivity contribution is 0.0705. The molecular formula is C15H17N5O2. The molecule has 0 unspecified atom stereocenters. The number of nitrogens with one attached hydrogen (secondary N) is 1. The Balaban J connectivity index is 1.83. The summed E-state index contributed by atoms with van der Waals surface area (Å²) in [5.41, 5.74) is 1.65. The van der Waals surface area contributed by atoms with Crippen LogP contribution in [0.4, 0.5) is 0 Å². The number of fused-ring (bicyclic) bond motifs is 1. The molecule has 2 amide bonds. The quantitative estimate of drug-likeness (QED) is 0.880. The highest BCUT2D eigenvalue weighted by Gasteiger charge is 2.27. The minimum atomic E-state index is -0.266. The van der Waals surface area contributed by atoms with E-state index in [9.17, 15) is 9.59 Å². The second kappa shape index (κ2) is 5.59. The topological polar surface area (TPSA) is 80.1 Å². The SMILES string of the molecule is CNC(=O)c1nnc2n1CCN(C(=O)c1ccccc1C)C2. The highest BCUT2D eigenvalue weighted by Crippen LogP contribution is 2.17. The summed E-state index contributed by atoms with van der Waals surface area (Å²) in [4.78, 5) is 26.1. The molecule has 0 bridgehead atoms. The van der Waals surface area contributed by atoms with Crippen LogP contribution in [0.15, 0.2) is 24.3 Å². The highest BCUT2D eigenvalue weighted by molar-refractivity contribution is 5.95. The van der Waals surface area contributed by atoms with Crippen LogP contribution in [0, 0.1) is 6.92 Å². The zero-order valence-electron chi connectivity index (χ0n) is 12.5. The molecule has 7 heteroatoms. The molecule has 2 aromatic rings. The minimum absolute atomic E-state index is 0.0196. The second-order valence-corrected chi connectivity index (χ2v) is 5.21. The molecule has 0 spiro atoms. The Morgan fingerprint density at radius 1 is 1.18 bits per heavy atom. The number of benzene rings is 1. The normalized spacial score (nSPS) is 13.6. The Morgan fingerprint density at radius 2 is 1.95 bits per heavy atom. The number of hydrogen-bond acceptors (Lipinski definition) is 4. The fraction of sp³-hybridized carbons (Fsp3) is 0.333. The number of hydrogen-bond donors (Lipinski definition) is 1. The summed E-state index contributed by atoms with van der Waals surface area (Å²) in [6.45, 7) is 3.32. The van der Waals surface area contributed by atoms with Crippen LogP contribution in [-0.4, -0.2) is 45.1 Å². The van der Waals surface area contributed by atoms with Crippen molar-refractivity contribution in [3.8, 4) is 0 Å². The number of amides is 2. The molecule has 0 fully saturated rings. The number of aryl methyl sites for hydroxylation is 1. The van der Waals surface area contributed by atoms with E-state index in [0.717, 1.165) is 5.56 Å². The number of rotatable bonds is 2. The van der Waals surface area contributed by atoms with Crippen LogP contribution in [0.3, 0.4) is 0 Å². The smallest absolute Gasteiger partial charge is 0.288 e. The highest BCUT2D eigenvalue weighted by atomic mass is 16.2. The molecule has 1 aromatic carbocycles. The van der Waals surface area contributed by atoms with Crippen molar-refractivity contribution >= 4 is 11.8 Å². The van der Waals surface area contributed by atoms with E-state index >= 15 is 0 Å². The Bertz CT molecular complexity index is 737. The fourth-order valence-electron chi connectivity index (χ4n) is 2.59. The van der Waals surface area contributed by atoms with Crippen LogP contribution < -0.4 is 5.32 Å². The van der Waals surface area contributed by atoms with Crippen LogP contribution in [-0.2, 0) is 13.1 Å². The maximum absolute atomic E-state index is 12.6. The van der Waals surface area contributed by atoms with Gasteiger partial charge in [0.05, 0.1) is 6.54 Å². The first-order chi connectivity index (χ1) is 10.6. The van der Waals surface area contributed by atoms with Gasteiger partial charge in [-0.3, -0.25) is 9.59 Å². The van der Waals surface area contributed by atoms with Crippen molar-refractivity contribution in [3.63, 3.8) is 0 Å². The van der Waals surface area contributed by atoms with Crippen LogP contribution in [0.1, 0.15) is 32.4 Å². The van der Waals surface area contributed by atoms with E-state index in [-0.39, 0.29) is 11.8 Å². The molecule has 114 valence electrons. The molecule has 0 saturated heterocycles. The van der Waals surface area contributed by atoms with E-state index < -0.39 is 0 Å². The summed E-state index contributed by atoms with van der Waals surface area (Å²) in [5.74, 6) is 0.638. The third-order valence-electron chi connectivity index (χ3n) is 3.85. The lowest BCUT2D eigenvalue weighted by atomic mass is 10.1. The van der Waals surface area contributed by atoms with Gasteiger partial charge in [0.25, 0.3) is 11.8 Å². The molecule has 1 N–H and O–H groups in total. The van der Waals surface area contributed by atoms with Gasteiger partial charge in [-0.25, -0.2) is 0 Å². The average molecular weight is 299 g/mol. The minimum Gasteiger partial charge on any atom is -0.352 e. The van der Waals surface area contributed by atoms with E-state index in [4.69, 9.17) is 0 Å². The first kappa shape index (κ1) is 14.2. The summed E-state index contributed by atoms with van der Waals surface area (Å²) >= 11 is 0. The number of nitrogens with zero attached hydrogens (tertiary/aromatic N) is 4. The van der Waals surface area contributed by atoms with Gasteiger partial charge in [0, 0.05) is 25.7 Å². The van der Waals surface area contributed by atoms with Crippen molar-refractivity contribution in [1.29, 1.82) is 0 Å². The average Bonchev–Trinajstić information content (AvgIpc) is 2.97. The number of carbonyl (C=O) groups is 2. The van der Waals surface area contributed by atoms with Crippen LogP contribution in [0.5, 0.6) is 0 Å². The third-order valence-corrected chi connectivity index (χ3v) is 3.85. The van der Waals surface area contributed by atoms with Gasteiger partial charge in [-0.2, -0.15) is 0 Å². The van der Waals surface area contributed by atoms with Crippen molar-refractivity contribution in [2.75, 3.05) is 13.6 Å². The Hall–Kier alpha value is -2.70. The lowest BCUT2D eigenvalue weighted by Crippen LogP contribution is -2.39. The second-order valence-electron chi connectivity index (χ2n) is 5.21. The first-order valence-corrected chi connectivity index (χ1v) is 7.11. The molecule has 0 aliphatic carbocycles. The molecule has 0 saturated carbocycles. The predicted molar refractivity (Wildman–Crippen MR) is 79.3 cm³/mol. The van der Waals surface area contributed by atoms with E-state index in [2.05, 4.69) is 15.5 Å². The molecule has 2 heterocycles. The molecule has 7 nitrogen and oxygen atoms in total. The Kier molecular flexibility index (Phi) is 3.62. The third kappa shape index (κ3) is 2.34. The standard InChI is InChI=1S/C15H17N5O2/c1-10-5-3-4-6-11(10)15(22)19-7-8-20-12(9-19)17-18-13(20)14(21)16-2/h3-6H,7-9H2,1-2H3,(H,16,21). The van der Waals surface area contributed by atoms with E-state index in [1.165, 1.54) is 0 Å². The maximum atomic E-state index is 12.6. The summed E-state index contributed by atoms with van der Waals surface area (Å²) in [7, 11) is 1.56. The summed E-state index contributed by atoms with van der Waals surface area (Å²) in [6, 6.07) is 7.52. The van der Waals surface area contributed by atoms with Crippen molar-refractivity contribution in [1.82, 2.24) is 25.0 Å². The van der Waals surface area contributed by atoms with Crippen LogP contribution in [0.2, 0.25) is 0 Å². The van der Waals surface area contributed by atoms with Gasteiger partial charge >= 0.3 is 0 Å². The van der Waals surface area contributed by atoms with Gasteiger partial charge in [0.2, 0.25) is 5.82 Å². The van der Waals surface area contributed by atoms with E-state index in [0.29, 0.717) is 36.8 Å². The summed E-state index contributed by atoms with van der Waals surface area (Å²) in [6.07, 6.45) is 0. The van der Waals surface area contributed by atoms with Gasteiger partial charge in [-0.15, -0.1) is 10.2 Å². The lowest BCUT2D eigenvalue weighted by Gasteiger charge is -2.28. The molecule has 22 heavy (non-hydrogen) atoms. The van der Waals surface area contributed by atoms with Gasteiger partial charge < -0.3 is 14.8 Å². The maximum Gasteiger partial charge on any atom is 0.288 e. The largest absolute Gasteiger partial charge is 0.352 e. The Labute approximate surface area is 127 Å². The zero-order chi connectivity index (χ0) is 15.7. The number of aromatic nitrogens is 3.